The molecule has 0 aliphatic carbocycles. The van der Waals surface area contributed by atoms with Crippen LogP contribution in [0.15, 0.2) is 30.3 Å². The number of amides is 2. The Hall–Kier alpha value is -0.0600. The summed E-state index contributed by atoms with van der Waals surface area (Å²) in [5, 5.41) is 2.08. The van der Waals surface area contributed by atoms with E-state index in [9.17, 15) is 26.4 Å². The third-order valence-electron chi connectivity index (χ3n) is 3.05. The molecule has 1 aliphatic rings. The predicted octanol–water partition coefficient (Wildman–Crippen LogP) is -2.62. The number of benzene rings is 1. The van der Waals surface area contributed by atoms with Crippen LogP contribution in [0.4, 0.5) is 0 Å². The average Bonchev–Trinajstić information content (AvgIpc) is 2.46. The first-order valence-electron chi connectivity index (χ1n) is 6.29. The quantitative estimate of drug-likeness (QED) is 0.250. The Kier molecular flexibility index (Phi) is 9.91. The summed E-state index contributed by atoms with van der Waals surface area (Å²) >= 11 is 0. The molecule has 1 aromatic rings. The molecule has 0 aromatic heterocycles. The molecular formula is C11H14N2Na2O9S2. The van der Waals surface area contributed by atoms with Crippen LogP contribution in [0.25, 0.3) is 0 Å². The first-order valence-corrected chi connectivity index (χ1v) is 9.05. The minimum atomic E-state index is -4.98. The van der Waals surface area contributed by atoms with Crippen molar-refractivity contribution in [1.82, 2.24) is 9.62 Å². The van der Waals surface area contributed by atoms with Gasteiger partial charge in [-0.15, -0.1) is 0 Å². The number of nitrogens with one attached hydrogen (secondary N) is 1. The van der Waals surface area contributed by atoms with Gasteiger partial charge in [0.15, 0.2) is 6.10 Å². The first kappa shape index (κ1) is 25.9. The molecule has 0 radical (unpaired) electrons. The molecule has 26 heavy (non-hydrogen) atoms. The van der Waals surface area contributed by atoms with E-state index >= 15 is 0 Å². The van der Waals surface area contributed by atoms with Gasteiger partial charge in [-0.05, 0) is 5.56 Å². The molecule has 2 atom stereocenters. The van der Waals surface area contributed by atoms with Crippen LogP contribution in [-0.4, -0.2) is 114 Å². The number of carbonyl (C=O) groups is 2. The number of rotatable bonds is 6. The fourth-order valence-corrected chi connectivity index (χ4v) is 3.09. The van der Waals surface area contributed by atoms with E-state index in [-0.39, 0.29) is 69.0 Å². The monoisotopic (exact) mass is 428 g/mol. The molecule has 1 aromatic carbocycles. The molecule has 2 unspecified atom stereocenters. The second-order valence-corrected chi connectivity index (χ2v) is 7.11. The van der Waals surface area contributed by atoms with E-state index in [0.717, 1.165) is 0 Å². The van der Waals surface area contributed by atoms with Gasteiger partial charge in [-0.1, -0.05) is 30.3 Å². The summed E-state index contributed by atoms with van der Waals surface area (Å²) < 4.78 is 65.4. The zero-order valence-corrected chi connectivity index (χ0v) is 13.4. The fourth-order valence-electron chi connectivity index (χ4n) is 1.96. The SMILES string of the molecule is O=C(NC1CN(S(=O)(=O)O)C1=O)C(OS(=O)(=O)O)c1ccccc1.[NaH].[NaH]. The Morgan fingerprint density at radius 1 is 1.15 bits per heavy atom. The van der Waals surface area contributed by atoms with Crippen molar-refractivity contribution in [3.05, 3.63) is 35.9 Å². The van der Waals surface area contributed by atoms with Crippen molar-refractivity contribution in [2.45, 2.75) is 12.1 Å². The summed E-state index contributed by atoms with van der Waals surface area (Å²) in [5.74, 6) is -2.18. The number of carbonyl (C=O) groups excluding carboxylic acids is 2. The molecule has 1 heterocycles. The van der Waals surface area contributed by atoms with E-state index < -0.39 is 51.2 Å². The molecule has 3 N–H and O–H groups in total. The number of hydrogen-bond donors (Lipinski definition) is 3. The van der Waals surface area contributed by atoms with E-state index in [1.807, 2.05) is 0 Å². The van der Waals surface area contributed by atoms with E-state index in [1.54, 1.807) is 6.07 Å². The van der Waals surface area contributed by atoms with Crippen LogP contribution in [0.5, 0.6) is 0 Å². The van der Waals surface area contributed by atoms with Gasteiger partial charge in [0.2, 0.25) is 0 Å². The molecule has 0 spiro atoms. The molecule has 1 aliphatic heterocycles. The van der Waals surface area contributed by atoms with Crippen LogP contribution in [-0.2, 0) is 34.5 Å². The van der Waals surface area contributed by atoms with Crippen LogP contribution >= 0.6 is 0 Å². The van der Waals surface area contributed by atoms with Gasteiger partial charge >= 0.3 is 79.8 Å². The van der Waals surface area contributed by atoms with E-state index in [1.165, 1.54) is 24.3 Å². The van der Waals surface area contributed by atoms with Crippen molar-refractivity contribution in [2.75, 3.05) is 6.54 Å². The van der Waals surface area contributed by atoms with Gasteiger partial charge in [-0.2, -0.15) is 16.8 Å². The molecule has 1 fully saturated rings. The van der Waals surface area contributed by atoms with Crippen LogP contribution < -0.4 is 5.32 Å². The third kappa shape index (κ3) is 6.83. The summed E-state index contributed by atoms with van der Waals surface area (Å²) in [7, 11) is -9.70. The molecular weight excluding hydrogens is 414 g/mol. The number of β-lactam (4-membered cyclic amide) rings is 1. The van der Waals surface area contributed by atoms with Crippen LogP contribution in [0.1, 0.15) is 11.7 Å². The van der Waals surface area contributed by atoms with Gasteiger partial charge in [0, 0.05) is 0 Å². The summed E-state index contributed by atoms with van der Waals surface area (Å²) in [6, 6.07) is 5.97. The van der Waals surface area contributed by atoms with Gasteiger partial charge < -0.3 is 5.32 Å². The first-order chi connectivity index (χ1) is 11.0. The molecule has 1 saturated heterocycles. The van der Waals surface area contributed by atoms with Crippen molar-refractivity contribution in [3.63, 3.8) is 0 Å². The average molecular weight is 428 g/mol. The molecule has 11 nitrogen and oxygen atoms in total. The molecule has 15 heteroatoms. The summed E-state index contributed by atoms with van der Waals surface area (Å²) in [6.07, 6.45) is -1.78. The predicted molar refractivity (Wildman–Crippen MR) is 91.3 cm³/mol. The van der Waals surface area contributed by atoms with Crippen molar-refractivity contribution in [1.29, 1.82) is 0 Å². The van der Waals surface area contributed by atoms with Gasteiger partial charge in [-0.25, -0.2) is 8.49 Å². The molecule has 2 rings (SSSR count). The Balaban J connectivity index is 0.00000312. The van der Waals surface area contributed by atoms with Crippen LogP contribution in [0.2, 0.25) is 0 Å². The van der Waals surface area contributed by atoms with Gasteiger partial charge in [0.05, 0.1) is 6.54 Å². The standard InChI is InChI=1S/C11H12N2O9S2.2Na.2H/c14-10(12-8-6-13(11(8)15)23(16,17)18)9(22-24(19,20)21)7-4-2-1-3-5-7;;;;/h1-5,8-9H,6H2,(H,12,14)(H,16,17,18)(H,19,20,21);;;;. The minimum absolute atomic E-state index is 0. The van der Waals surface area contributed by atoms with Gasteiger partial charge in [-0.3, -0.25) is 18.7 Å². The van der Waals surface area contributed by atoms with Gasteiger partial charge in [0.25, 0.3) is 11.8 Å². The van der Waals surface area contributed by atoms with Crippen LogP contribution in [0, 0.1) is 0 Å². The van der Waals surface area contributed by atoms with Gasteiger partial charge in [0.1, 0.15) is 6.04 Å². The summed E-state index contributed by atoms with van der Waals surface area (Å²) in [6.45, 7) is -0.517. The Morgan fingerprint density at radius 3 is 2.12 bits per heavy atom. The van der Waals surface area contributed by atoms with Crippen LogP contribution in [0.3, 0.4) is 0 Å². The molecule has 0 saturated carbocycles. The van der Waals surface area contributed by atoms with E-state index in [2.05, 4.69) is 9.50 Å². The maximum atomic E-state index is 12.1. The van der Waals surface area contributed by atoms with Crippen molar-refractivity contribution in [3.8, 4) is 0 Å². The topological polar surface area (TPSA) is 167 Å². The Morgan fingerprint density at radius 2 is 1.69 bits per heavy atom. The van der Waals surface area contributed by atoms with E-state index in [4.69, 9.17) is 9.11 Å². The second-order valence-electron chi connectivity index (χ2n) is 4.72. The fraction of sp³-hybridized carbons (Fsp3) is 0.273. The van der Waals surface area contributed by atoms with Crippen molar-refractivity contribution < 1.29 is 39.7 Å². The molecule has 136 valence electrons. The van der Waals surface area contributed by atoms with Crippen molar-refractivity contribution >= 4 is 91.6 Å². The maximum absolute atomic E-state index is 12.1. The molecule has 0 bridgehead atoms. The second kappa shape index (κ2) is 9.93. The summed E-state index contributed by atoms with van der Waals surface area (Å²) in [5.41, 5.74) is 0.0750. The zero-order chi connectivity index (χ0) is 18.1. The normalized spacial score (nSPS) is 18.0. The Bertz CT molecular complexity index is 861. The number of hydrogen-bond acceptors (Lipinski definition) is 7. The van der Waals surface area contributed by atoms with Crippen molar-refractivity contribution in [2.24, 2.45) is 0 Å². The summed E-state index contributed by atoms with van der Waals surface area (Å²) in [4.78, 5) is 23.7. The zero-order valence-electron chi connectivity index (χ0n) is 11.8. The van der Waals surface area contributed by atoms with E-state index in [0.29, 0.717) is 0 Å². The Labute approximate surface area is 193 Å². The molecule has 2 amide bonds. The third-order valence-corrected chi connectivity index (χ3v) is 4.37. The number of nitrogens with zero attached hydrogens (tertiary/aromatic N) is 1.